The summed E-state index contributed by atoms with van der Waals surface area (Å²) in [5.74, 6) is 0.307. The quantitative estimate of drug-likeness (QED) is 0.626. The van der Waals surface area contributed by atoms with Crippen LogP contribution in [0.15, 0.2) is 0 Å². The Balaban J connectivity index is 2.35. The molecule has 1 aliphatic rings. The topological polar surface area (TPSA) is 20.3 Å². The van der Waals surface area contributed by atoms with E-state index < -0.39 is 0 Å². The van der Waals surface area contributed by atoms with Crippen molar-refractivity contribution >= 4 is 5.78 Å². The zero-order valence-electron chi connectivity index (χ0n) is 8.34. The molecule has 0 aliphatic heterocycles. The lowest BCUT2D eigenvalue weighted by molar-refractivity contribution is -0.118. The second-order valence-corrected chi connectivity index (χ2v) is 3.82. The summed E-state index contributed by atoms with van der Waals surface area (Å²) in [7, 11) is 0. The summed E-state index contributed by atoms with van der Waals surface area (Å²) in [6.45, 7) is 7.09. The number of carbonyl (C=O) groups is 1. The molecule has 1 fully saturated rings. The third kappa shape index (κ3) is 2.59. The Morgan fingerprint density at radius 1 is 1.58 bits per heavy atom. The van der Waals surface area contributed by atoms with E-state index in [0.717, 1.165) is 12.6 Å². The van der Waals surface area contributed by atoms with Crippen molar-refractivity contribution in [3.63, 3.8) is 0 Å². The highest BCUT2D eigenvalue weighted by Crippen LogP contribution is 2.28. The van der Waals surface area contributed by atoms with Crippen LogP contribution >= 0.6 is 0 Å². The minimum Gasteiger partial charge on any atom is -0.300 e. The second-order valence-electron chi connectivity index (χ2n) is 3.82. The van der Waals surface area contributed by atoms with Gasteiger partial charge in [-0.15, -0.1) is 0 Å². The van der Waals surface area contributed by atoms with Crippen LogP contribution in [0.25, 0.3) is 0 Å². The van der Waals surface area contributed by atoms with Crippen LogP contribution in [0.5, 0.6) is 0 Å². The molecule has 1 rings (SSSR count). The van der Waals surface area contributed by atoms with E-state index in [0.29, 0.717) is 18.2 Å². The zero-order valence-corrected chi connectivity index (χ0v) is 8.34. The first-order chi connectivity index (χ1) is 5.65. The van der Waals surface area contributed by atoms with Gasteiger partial charge in [0.05, 0.1) is 0 Å². The molecular formula is C10H19NO. The van der Waals surface area contributed by atoms with Crippen LogP contribution < -0.4 is 0 Å². The molecule has 0 aromatic carbocycles. The van der Waals surface area contributed by atoms with Crippen LogP contribution in [0, 0.1) is 0 Å². The molecule has 0 N–H and O–H groups in total. The van der Waals surface area contributed by atoms with Crippen molar-refractivity contribution in [2.75, 3.05) is 6.54 Å². The van der Waals surface area contributed by atoms with Crippen LogP contribution in [-0.4, -0.2) is 29.3 Å². The molecule has 0 aromatic rings. The van der Waals surface area contributed by atoms with Crippen molar-refractivity contribution in [3.8, 4) is 0 Å². The number of nitrogens with zero attached hydrogens (tertiary/aromatic N) is 1. The molecular weight excluding hydrogens is 150 g/mol. The van der Waals surface area contributed by atoms with Gasteiger partial charge in [0.25, 0.3) is 0 Å². The van der Waals surface area contributed by atoms with Crippen molar-refractivity contribution in [2.24, 2.45) is 0 Å². The Kier molecular flexibility index (Phi) is 3.27. The first-order valence-corrected chi connectivity index (χ1v) is 4.90. The molecule has 1 saturated carbocycles. The molecule has 0 heterocycles. The predicted molar refractivity (Wildman–Crippen MR) is 50.2 cm³/mol. The molecule has 0 radical (unpaired) electrons. The Bertz CT molecular complexity index is 163. The maximum absolute atomic E-state index is 10.9. The third-order valence-electron chi connectivity index (χ3n) is 2.53. The lowest BCUT2D eigenvalue weighted by Crippen LogP contribution is -2.36. The van der Waals surface area contributed by atoms with Gasteiger partial charge in [-0.1, -0.05) is 6.92 Å². The molecule has 0 amide bonds. The fourth-order valence-electron chi connectivity index (χ4n) is 1.87. The number of rotatable bonds is 5. The maximum atomic E-state index is 10.9. The summed E-state index contributed by atoms with van der Waals surface area (Å²) >= 11 is 0. The SMILES string of the molecule is CCN(C(C)CC(C)=O)C1CC1. The van der Waals surface area contributed by atoms with Crippen LogP contribution in [0.1, 0.15) is 40.0 Å². The fraction of sp³-hybridized carbons (Fsp3) is 0.900. The average molecular weight is 169 g/mol. The van der Waals surface area contributed by atoms with Gasteiger partial charge >= 0.3 is 0 Å². The average Bonchev–Trinajstić information content (AvgIpc) is 2.70. The van der Waals surface area contributed by atoms with Crippen molar-refractivity contribution < 1.29 is 4.79 Å². The lowest BCUT2D eigenvalue weighted by Gasteiger charge is -2.26. The summed E-state index contributed by atoms with van der Waals surface area (Å²) in [6, 6.07) is 1.23. The van der Waals surface area contributed by atoms with Gasteiger partial charge < -0.3 is 0 Å². The standard InChI is InChI=1S/C10H19NO/c1-4-11(10-5-6-10)8(2)7-9(3)12/h8,10H,4-7H2,1-3H3. The predicted octanol–water partition coefficient (Wildman–Crippen LogP) is 1.84. The van der Waals surface area contributed by atoms with Gasteiger partial charge in [-0.3, -0.25) is 9.69 Å². The van der Waals surface area contributed by atoms with Gasteiger partial charge in [0.15, 0.2) is 0 Å². The lowest BCUT2D eigenvalue weighted by atomic mass is 10.1. The smallest absolute Gasteiger partial charge is 0.131 e. The third-order valence-corrected chi connectivity index (χ3v) is 2.53. The van der Waals surface area contributed by atoms with Crippen LogP contribution in [0.4, 0.5) is 0 Å². The molecule has 2 nitrogen and oxygen atoms in total. The Labute approximate surface area is 74.9 Å². The van der Waals surface area contributed by atoms with Crippen molar-refractivity contribution in [1.82, 2.24) is 4.90 Å². The molecule has 1 aliphatic carbocycles. The Morgan fingerprint density at radius 2 is 2.17 bits per heavy atom. The number of hydrogen-bond acceptors (Lipinski definition) is 2. The van der Waals surface area contributed by atoms with Gasteiger partial charge in [0, 0.05) is 18.5 Å². The first-order valence-electron chi connectivity index (χ1n) is 4.90. The highest BCUT2D eigenvalue weighted by Gasteiger charge is 2.30. The molecule has 1 atom stereocenters. The number of Topliss-reactive ketones (excluding diaryl/α,β-unsaturated/α-hetero) is 1. The molecule has 0 bridgehead atoms. The molecule has 1 unspecified atom stereocenters. The number of ketones is 1. The van der Waals surface area contributed by atoms with E-state index in [-0.39, 0.29) is 0 Å². The highest BCUT2D eigenvalue weighted by molar-refractivity contribution is 5.76. The summed E-state index contributed by atoms with van der Waals surface area (Å²) in [4.78, 5) is 13.3. The van der Waals surface area contributed by atoms with Crippen LogP contribution in [0.3, 0.4) is 0 Å². The minimum absolute atomic E-state index is 0.307. The van der Waals surface area contributed by atoms with Gasteiger partial charge in [-0.2, -0.15) is 0 Å². The molecule has 12 heavy (non-hydrogen) atoms. The first kappa shape index (κ1) is 9.72. The molecule has 70 valence electrons. The highest BCUT2D eigenvalue weighted by atomic mass is 16.1. The zero-order chi connectivity index (χ0) is 9.14. The largest absolute Gasteiger partial charge is 0.300 e. The fourth-order valence-corrected chi connectivity index (χ4v) is 1.87. The minimum atomic E-state index is 0.307. The van der Waals surface area contributed by atoms with E-state index in [4.69, 9.17) is 0 Å². The van der Waals surface area contributed by atoms with Gasteiger partial charge in [-0.25, -0.2) is 0 Å². The molecule has 0 saturated heterocycles. The van der Waals surface area contributed by atoms with E-state index in [9.17, 15) is 4.79 Å². The van der Waals surface area contributed by atoms with E-state index in [2.05, 4.69) is 18.7 Å². The van der Waals surface area contributed by atoms with E-state index in [1.165, 1.54) is 12.8 Å². The van der Waals surface area contributed by atoms with Crippen LogP contribution in [0.2, 0.25) is 0 Å². The number of hydrogen-bond donors (Lipinski definition) is 0. The summed E-state index contributed by atoms with van der Waals surface area (Å²) in [5, 5.41) is 0. The van der Waals surface area contributed by atoms with E-state index in [1.54, 1.807) is 6.92 Å². The summed E-state index contributed by atoms with van der Waals surface area (Å²) < 4.78 is 0. The molecule has 0 aromatic heterocycles. The van der Waals surface area contributed by atoms with Gasteiger partial charge in [0.1, 0.15) is 5.78 Å². The van der Waals surface area contributed by atoms with E-state index >= 15 is 0 Å². The summed E-state index contributed by atoms with van der Waals surface area (Å²) in [6.07, 6.45) is 3.37. The van der Waals surface area contributed by atoms with Crippen LogP contribution in [-0.2, 0) is 4.79 Å². The van der Waals surface area contributed by atoms with Crippen molar-refractivity contribution in [3.05, 3.63) is 0 Å². The Hall–Kier alpha value is -0.370. The maximum Gasteiger partial charge on any atom is 0.131 e. The summed E-state index contributed by atoms with van der Waals surface area (Å²) in [5.41, 5.74) is 0. The van der Waals surface area contributed by atoms with E-state index in [1.807, 2.05) is 0 Å². The van der Waals surface area contributed by atoms with Crippen molar-refractivity contribution in [1.29, 1.82) is 0 Å². The van der Waals surface area contributed by atoms with Gasteiger partial charge in [-0.05, 0) is 33.2 Å². The Morgan fingerprint density at radius 3 is 2.50 bits per heavy atom. The van der Waals surface area contributed by atoms with Gasteiger partial charge in [0.2, 0.25) is 0 Å². The normalized spacial score (nSPS) is 19.7. The molecule has 0 spiro atoms. The van der Waals surface area contributed by atoms with Crippen molar-refractivity contribution in [2.45, 2.75) is 52.1 Å². The number of carbonyl (C=O) groups excluding carboxylic acids is 1. The molecule has 2 heteroatoms. The second kappa shape index (κ2) is 4.04. The monoisotopic (exact) mass is 169 g/mol.